The van der Waals surface area contributed by atoms with E-state index in [1.165, 1.54) is 12.1 Å². The number of nitrogens with two attached hydrogens (primary N) is 1. The van der Waals surface area contributed by atoms with Crippen molar-refractivity contribution in [2.24, 2.45) is 10.7 Å². The molecule has 3 aromatic rings. The van der Waals surface area contributed by atoms with Crippen molar-refractivity contribution in [1.29, 1.82) is 0 Å². The van der Waals surface area contributed by atoms with E-state index in [9.17, 15) is 8.78 Å². The molecule has 5 nitrogen and oxygen atoms in total. The van der Waals surface area contributed by atoms with E-state index in [2.05, 4.69) is 15.0 Å². The molecular weight excluding hydrogens is 376 g/mol. The maximum Gasteiger partial charge on any atom is 0.387 e. The average Bonchev–Trinajstić information content (AvgIpc) is 3.12. The highest BCUT2D eigenvalue weighted by Gasteiger charge is 2.40. The molecule has 1 heterocycles. The molecule has 4 rings (SSSR count). The Morgan fingerprint density at radius 3 is 2.31 bits per heavy atom. The Balaban J connectivity index is 1.74. The molecule has 0 radical (unpaired) electrons. The van der Waals surface area contributed by atoms with Crippen molar-refractivity contribution in [2.75, 3.05) is 11.9 Å². The number of hydrogen-bond acceptors (Lipinski definition) is 5. The summed E-state index contributed by atoms with van der Waals surface area (Å²) < 4.78 is 35.4. The van der Waals surface area contributed by atoms with Gasteiger partial charge in [-0.3, -0.25) is 0 Å². The van der Waals surface area contributed by atoms with Crippen LogP contribution in [0.3, 0.4) is 0 Å². The van der Waals surface area contributed by atoms with Crippen molar-refractivity contribution >= 4 is 17.4 Å². The van der Waals surface area contributed by atoms with Crippen LogP contribution in [0.5, 0.6) is 5.75 Å². The lowest BCUT2D eigenvalue weighted by Gasteiger charge is -2.26. The number of nitrogens with one attached hydrogen (secondary N) is 1. The van der Waals surface area contributed by atoms with E-state index in [1.807, 2.05) is 54.6 Å². The number of hydrogen-bond donors (Lipinski definition) is 2. The first-order valence-electron chi connectivity index (χ1n) is 9.01. The third-order valence-corrected chi connectivity index (χ3v) is 4.67. The van der Waals surface area contributed by atoms with Crippen LogP contribution in [0.1, 0.15) is 11.1 Å². The lowest BCUT2D eigenvalue weighted by atomic mass is 9.84. The smallest absolute Gasteiger partial charge is 0.387 e. The second-order valence-corrected chi connectivity index (χ2v) is 6.58. The first kappa shape index (κ1) is 18.7. The summed E-state index contributed by atoms with van der Waals surface area (Å²) >= 11 is 0. The molecule has 0 saturated heterocycles. The largest absolute Gasteiger partial charge is 0.462 e. The summed E-state index contributed by atoms with van der Waals surface area (Å²) in [5.41, 5.74) is 8.12. The molecule has 0 aliphatic carbocycles. The van der Waals surface area contributed by atoms with Crippen molar-refractivity contribution in [2.45, 2.75) is 12.2 Å². The van der Waals surface area contributed by atoms with E-state index < -0.39 is 12.2 Å². The van der Waals surface area contributed by atoms with E-state index >= 15 is 0 Å². The summed E-state index contributed by atoms with van der Waals surface area (Å²) in [5.74, 6) is 0.0520. The third kappa shape index (κ3) is 3.99. The monoisotopic (exact) mass is 395 g/mol. The second-order valence-electron chi connectivity index (χ2n) is 6.58. The van der Waals surface area contributed by atoms with Gasteiger partial charge in [0.2, 0.25) is 0 Å². The standard InChI is InChI=1S/C22H19F2N3O2/c23-20(24)29-19-11-5-7-16(13-19)22(14-28-21(25)27-22)15-6-4-10-18(12-15)26-17-8-2-1-3-9-17/h1-13,20,26H,14H2,(H2,25,27). The molecule has 0 amide bonds. The van der Waals surface area contributed by atoms with Gasteiger partial charge in [-0.1, -0.05) is 42.5 Å². The van der Waals surface area contributed by atoms with Crippen LogP contribution in [0, 0.1) is 0 Å². The topological polar surface area (TPSA) is 68.9 Å². The van der Waals surface area contributed by atoms with Gasteiger partial charge in [0.15, 0.2) is 5.54 Å². The molecule has 29 heavy (non-hydrogen) atoms. The van der Waals surface area contributed by atoms with Gasteiger partial charge in [0.1, 0.15) is 12.4 Å². The third-order valence-electron chi connectivity index (χ3n) is 4.67. The molecule has 7 heteroatoms. The van der Waals surface area contributed by atoms with Crippen molar-refractivity contribution in [1.82, 2.24) is 0 Å². The van der Waals surface area contributed by atoms with Crippen LogP contribution in [-0.2, 0) is 10.3 Å². The van der Waals surface area contributed by atoms with E-state index in [-0.39, 0.29) is 18.4 Å². The van der Waals surface area contributed by atoms with Crippen molar-refractivity contribution in [3.8, 4) is 5.75 Å². The Morgan fingerprint density at radius 2 is 1.62 bits per heavy atom. The van der Waals surface area contributed by atoms with Crippen LogP contribution >= 0.6 is 0 Å². The predicted octanol–water partition coefficient (Wildman–Crippen LogP) is 4.62. The summed E-state index contributed by atoms with van der Waals surface area (Å²) in [5, 5.41) is 3.34. The van der Waals surface area contributed by atoms with Crippen LogP contribution in [0.2, 0.25) is 0 Å². The summed E-state index contributed by atoms with van der Waals surface area (Å²) in [7, 11) is 0. The van der Waals surface area contributed by atoms with Gasteiger partial charge in [0.25, 0.3) is 6.02 Å². The first-order valence-corrected chi connectivity index (χ1v) is 9.01. The van der Waals surface area contributed by atoms with Crippen LogP contribution in [-0.4, -0.2) is 19.2 Å². The molecule has 1 aliphatic rings. The molecule has 0 aromatic heterocycles. The Kier molecular flexibility index (Phi) is 5.03. The average molecular weight is 395 g/mol. The van der Waals surface area contributed by atoms with Crippen molar-refractivity contribution in [3.63, 3.8) is 0 Å². The van der Waals surface area contributed by atoms with E-state index in [1.54, 1.807) is 12.1 Å². The summed E-state index contributed by atoms with van der Waals surface area (Å²) in [4.78, 5) is 4.53. The summed E-state index contributed by atoms with van der Waals surface area (Å²) in [6, 6.07) is 23.9. The molecule has 1 atom stereocenters. The Hall–Kier alpha value is -3.61. The lowest BCUT2D eigenvalue weighted by molar-refractivity contribution is -0.0499. The van der Waals surface area contributed by atoms with E-state index in [0.29, 0.717) is 5.56 Å². The molecule has 1 unspecified atom stereocenters. The minimum Gasteiger partial charge on any atom is -0.462 e. The zero-order chi connectivity index (χ0) is 20.3. The van der Waals surface area contributed by atoms with Crippen LogP contribution in [0.25, 0.3) is 0 Å². The van der Waals surface area contributed by atoms with Crippen LogP contribution in [0.15, 0.2) is 83.9 Å². The van der Waals surface area contributed by atoms with Crippen molar-refractivity contribution in [3.05, 3.63) is 90.0 Å². The fourth-order valence-corrected chi connectivity index (χ4v) is 3.37. The fourth-order valence-electron chi connectivity index (χ4n) is 3.37. The Bertz CT molecular complexity index is 1030. The highest BCUT2D eigenvalue weighted by Crippen LogP contribution is 2.40. The molecule has 3 N–H and O–H groups in total. The van der Waals surface area contributed by atoms with Gasteiger partial charge < -0.3 is 20.5 Å². The zero-order valence-electron chi connectivity index (χ0n) is 15.4. The highest BCUT2D eigenvalue weighted by molar-refractivity contribution is 5.75. The van der Waals surface area contributed by atoms with Gasteiger partial charge in [0.05, 0.1) is 0 Å². The maximum absolute atomic E-state index is 12.7. The molecule has 1 aliphatic heterocycles. The highest BCUT2D eigenvalue weighted by atomic mass is 19.3. The Morgan fingerprint density at radius 1 is 0.931 bits per heavy atom. The maximum atomic E-state index is 12.7. The summed E-state index contributed by atoms with van der Waals surface area (Å²) in [6.45, 7) is -2.75. The van der Waals surface area contributed by atoms with E-state index in [0.717, 1.165) is 16.9 Å². The van der Waals surface area contributed by atoms with Gasteiger partial charge in [0, 0.05) is 11.4 Å². The normalized spacial score (nSPS) is 18.2. The van der Waals surface area contributed by atoms with Crippen LogP contribution in [0.4, 0.5) is 20.2 Å². The second kappa shape index (κ2) is 7.79. The number of anilines is 2. The number of nitrogens with zero attached hydrogens (tertiary/aromatic N) is 1. The Labute approximate surface area is 166 Å². The van der Waals surface area contributed by atoms with Gasteiger partial charge in [-0.25, -0.2) is 4.99 Å². The van der Waals surface area contributed by atoms with Gasteiger partial charge in [-0.15, -0.1) is 0 Å². The number of alkyl halides is 2. The number of halogens is 2. The minimum absolute atomic E-state index is 0.0478. The number of amidine groups is 1. The van der Waals surface area contributed by atoms with Crippen LogP contribution < -0.4 is 15.8 Å². The molecule has 3 aromatic carbocycles. The molecule has 0 spiro atoms. The number of rotatable bonds is 6. The van der Waals surface area contributed by atoms with Crippen molar-refractivity contribution < 1.29 is 18.3 Å². The van der Waals surface area contributed by atoms with Gasteiger partial charge in [-0.05, 0) is 47.5 Å². The lowest BCUT2D eigenvalue weighted by Crippen LogP contribution is -2.27. The number of ether oxygens (including phenoxy) is 2. The molecule has 0 bridgehead atoms. The quantitative estimate of drug-likeness (QED) is 0.639. The SMILES string of the molecule is NC1=NC(c2cccc(Nc3ccccc3)c2)(c2cccc(OC(F)F)c2)CO1. The molecule has 0 fully saturated rings. The zero-order valence-corrected chi connectivity index (χ0v) is 15.4. The first-order chi connectivity index (χ1) is 14.0. The molecular formula is C22H19F2N3O2. The fraction of sp³-hybridized carbons (Fsp3) is 0.136. The summed E-state index contributed by atoms with van der Waals surface area (Å²) in [6.07, 6.45) is 0. The number of benzene rings is 3. The molecule has 0 saturated carbocycles. The predicted molar refractivity (Wildman–Crippen MR) is 108 cm³/mol. The van der Waals surface area contributed by atoms with Gasteiger partial charge in [-0.2, -0.15) is 8.78 Å². The molecule has 148 valence electrons. The number of aliphatic imine (C=N–C) groups is 1. The number of para-hydroxylation sites is 1. The van der Waals surface area contributed by atoms with E-state index in [4.69, 9.17) is 10.5 Å². The minimum atomic E-state index is -2.91. The van der Waals surface area contributed by atoms with Gasteiger partial charge >= 0.3 is 6.61 Å².